The first-order valence-electron chi connectivity index (χ1n) is 4.28. The maximum Gasteiger partial charge on any atom is 0.133 e. The summed E-state index contributed by atoms with van der Waals surface area (Å²) in [5.41, 5.74) is 0.971. The van der Waals surface area contributed by atoms with Crippen molar-refractivity contribution in [3.05, 3.63) is 29.1 Å². The Morgan fingerprint density at radius 1 is 1.46 bits per heavy atom. The predicted molar refractivity (Wildman–Crippen MR) is 50.4 cm³/mol. The van der Waals surface area contributed by atoms with Gasteiger partial charge in [-0.1, -0.05) is 6.07 Å². The zero-order valence-corrected chi connectivity index (χ0v) is 7.89. The molecule has 0 heterocycles. The molecule has 0 saturated heterocycles. The third-order valence-electron chi connectivity index (χ3n) is 2.04. The van der Waals surface area contributed by atoms with Gasteiger partial charge in [0.1, 0.15) is 11.6 Å². The largest absolute Gasteiger partial charge is 0.508 e. The van der Waals surface area contributed by atoms with E-state index in [0.29, 0.717) is 24.1 Å². The van der Waals surface area contributed by atoms with E-state index in [9.17, 15) is 9.50 Å². The summed E-state index contributed by atoms with van der Waals surface area (Å²) in [5, 5.41) is 12.3. The van der Waals surface area contributed by atoms with Gasteiger partial charge in [0.25, 0.3) is 0 Å². The summed E-state index contributed by atoms with van der Waals surface area (Å²) in [6.07, 6.45) is 0.510. The first kappa shape index (κ1) is 9.99. The van der Waals surface area contributed by atoms with Gasteiger partial charge in [-0.2, -0.15) is 0 Å². The van der Waals surface area contributed by atoms with E-state index in [2.05, 4.69) is 5.32 Å². The highest BCUT2D eigenvalue weighted by molar-refractivity contribution is 5.37. The smallest absolute Gasteiger partial charge is 0.133 e. The molecule has 0 unspecified atom stereocenters. The minimum Gasteiger partial charge on any atom is -0.508 e. The van der Waals surface area contributed by atoms with Crippen molar-refractivity contribution in [2.45, 2.75) is 13.3 Å². The van der Waals surface area contributed by atoms with Gasteiger partial charge in [-0.15, -0.1) is 0 Å². The lowest BCUT2D eigenvalue weighted by molar-refractivity contribution is 0.456. The SMILES string of the molecule is CNCCc1c(O)ccc(C)c1F. The molecule has 0 amide bonds. The summed E-state index contributed by atoms with van der Waals surface area (Å²) >= 11 is 0. The third-order valence-corrected chi connectivity index (χ3v) is 2.04. The van der Waals surface area contributed by atoms with Crippen LogP contribution in [0.1, 0.15) is 11.1 Å². The number of hydrogen-bond acceptors (Lipinski definition) is 2. The van der Waals surface area contributed by atoms with Gasteiger partial charge >= 0.3 is 0 Å². The molecule has 0 aliphatic rings. The minimum atomic E-state index is -0.296. The van der Waals surface area contributed by atoms with Gasteiger partial charge in [0.15, 0.2) is 0 Å². The average molecular weight is 183 g/mol. The van der Waals surface area contributed by atoms with Crippen LogP contribution in [-0.4, -0.2) is 18.7 Å². The van der Waals surface area contributed by atoms with E-state index in [1.165, 1.54) is 6.07 Å². The van der Waals surface area contributed by atoms with Gasteiger partial charge in [-0.3, -0.25) is 0 Å². The summed E-state index contributed by atoms with van der Waals surface area (Å²) in [7, 11) is 1.80. The average Bonchev–Trinajstić information content (AvgIpc) is 2.12. The second kappa shape index (κ2) is 4.23. The van der Waals surface area contributed by atoms with Crippen molar-refractivity contribution < 1.29 is 9.50 Å². The highest BCUT2D eigenvalue weighted by Gasteiger charge is 2.09. The first-order valence-corrected chi connectivity index (χ1v) is 4.28. The molecule has 3 heteroatoms. The third kappa shape index (κ3) is 2.18. The van der Waals surface area contributed by atoms with Crippen LogP contribution in [0.4, 0.5) is 4.39 Å². The molecule has 72 valence electrons. The van der Waals surface area contributed by atoms with Gasteiger partial charge in [-0.25, -0.2) is 4.39 Å². The van der Waals surface area contributed by atoms with Crippen LogP contribution in [0.5, 0.6) is 5.75 Å². The Bertz CT molecular complexity index is 299. The van der Waals surface area contributed by atoms with Crippen LogP contribution >= 0.6 is 0 Å². The molecule has 0 radical (unpaired) electrons. The van der Waals surface area contributed by atoms with E-state index in [1.54, 1.807) is 20.0 Å². The molecule has 0 aliphatic carbocycles. The highest BCUT2D eigenvalue weighted by Crippen LogP contribution is 2.22. The summed E-state index contributed by atoms with van der Waals surface area (Å²) in [6.45, 7) is 2.35. The standard InChI is InChI=1S/C10H14FNO/c1-7-3-4-9(13)8(10(7)11)5-6-12-2/h3-4,12-13H,5-6H2,1-2H3. The van der Waals surface area contributed by atoms with Crippen LogP contribution in [0.25, 0.3) is 0 Å². The number of benzene rings is 1. The molecular formula is C10H14FNO. The fourth-order valence-corrected chi connectivity index (χ4v) is 1.22. The molecule has 1 aromatic rings. The number of phenolic OH excluding ortho intramolecular Hbond substituents is 1. The van der Waals surface area contributed by atoms with E-state index in [0.717, 1.165) is 0 Å². The van der Waals surface area contributed by atoms with Crippen LogP contribution in [-0.2, 0) is 6.42 Å². The molecule has 0 saturated carbocycles. The van der Waals surface area contributed by atoms with Gasteiger partial charge < -0.3 is 10.4 Å². The molecule has 2 nitrogen and oxygen atoms in total. The monoisotopic (exact) mass is 183 g/mol. The first-order chi connectivity index (χ1) is 6.16. The van der Waals surface area contributed by atoms with Crippen molar-refractivity contribution in [3.8, 4) is 5.75 Å². The molecule has 1 rings (SSSR count). The molecule has 1 aromatic carbocycles. The van der Waals surface area contributed by atoms with Crippen molar-refractivity contribution in [1.82, 2.24) is 5.32 Å². The van der Waals surface area contributed by atoms with Gasteiger partial charge in [0.05, 0.1) is 0 Å². The summed E-state index contributed by atoms with van der Waals surface area (Å²) in [5.74, 6) is -0.256. The molecule has 13 heavy (non-hydrogen) atoms. The van der Waals surface area contributed by atoms with Crippen LogP contribution in [0.2, 0.25) is 0 Å². The van der Waals surface area contributed by atoms with Gasteiger partial charge in [0.2, 0.25) is 0 Å². The highest BCUT2D eigenvalue weighted by atomic mass is 19.1. The fourth-order valence-electron chi connectivity index (χ4n) is 1.22. The molecule has 0 fully saturated rings. The van der Waals surface area contributed by atoms with Crippen LogP contribution in [0.15, 0.2) is 12.1 Å². The van der Waals surface area contributed by atoms with Crippen molar-refractivity contribution in [2.75, 3.05) is 13.6 Å². The van der Waals surface area contributed by atoms with Crippen molar-refractivity contribution in [2.24, 2.45) is 0 Å². The van der Waals surface area contributed by atoms with Crippen LogP contribution < -0.4 is 5.32 Å². The minimum absolute atomic E-state index is 0.0401. The van der Waals surface area contributed by atoms with E-state index in [-0.39, 0.29) is 11.6 Å². The van der Waals surface area contributed by atoms with Crippen molar-refractivity contribution in [1.29, 1.82) is 0 Å². The quantitative estimate of drug-likeness (QED) is 0.746. The Hall–Kier alpha value is -1.09. The summed E-state index contributed by atoms with van der Waals surface area (Å²) < 4.78 is 13.4. The Balaban J connectivity index is 2.96. The van der Waals surface area contributed by atoms with E-state index in [1.807, 2.05) is 0 Å². The number of likely N-dealkylation sites (N-methyl/N-ethyl adjacent to an activating group) is 1. The Morgan fingerprint density at radius 3 is 2.77 bits per heavy atom. The second-order valence-corrected chi connectivity index (χ2v) is 3.05. The molecule has 0 bridgehead atoms. The molecule has 0 atom stereocenters. The summed E-state index contributed by atoms with van der Waals surface area (Å²) in [4.78, 5) is 0. The van der Waals surface area contributed by atoms with E-state index in [4.69, 9.17) is 0 Å². The van der Waals surface area contributed by atoms with Gasteiger partial charge in [0, 0.05) is 5.56 Å². The second-order valence-electron chi connectivity index (χ2n) is 3.05. The number of rotatable bonds is 3. The van der Waals surface area contributed by atoms with Crippen molar-refractivity contribution >= 4 is 0 Å². The van der Waals surface area contributed by atoms with E-state index >= 15 is 0 Å². The van der Waals surface area contributed by atoms with Crippen LogP contribution in [0.3, 0.4) is 0 Å². The lowest BCUT2D eigenvalue weighted by Gasteiger charge is -2.07. The molecule has 0 spiro atoms. The van der Waals surface area contributed by atoms with E-state index < -0.39 is 0 Å². The Labute approximate surface area is 77.4 Å². The van der Waals surface area contributed by atoms with Crippen LogP contribution in [0, 0.1) is 12.7 Å². The normalized spacial score (nSPS) is 10.4. The Morgan fingerprint density at radius 2 is 2.15 bits per heavy atom. The zero-order chi connectivity index (χ0) is 9.84. The molecule has 2 N–H and O–H groups in total. The number of hydrogen-bond donors (Lipinski definition) is 2. The van der Waals surface area contributed by atoms with Gasteiger partial charge in [-0.05, 0) is 38.6 Å². The lowest BCUT2D eigenvalue weighted by Crippen LogP contribution is -2.11. The number of halogens is 1. The summed E-state index contributed by atoms with van der Waals surface area (Å²) in [6, 6.07) is 3.11. The zero-order valence-electron chi connectivity index (χ0n) is 7.89. The molecular weight excluding hydrogens is 169 g/mol. The number of phenols is 1. The number of aryl methyl sites for hydroxylation is 1. The van der Waals surface area contributed by atoms with Crippen molar-refractivity contribution in [3.63, 3.8) is 0 Å². The maximum absolute atomic E-state index is 13.4. The molecule has 0 aliphatic heterocycles. The lowest BCUT2D eigenvalue weighted by atomic mass is 10.1. The Kier molecular flexibility index (Phi) is 3.25. The maximum atomic E-state index is 13.4. The predicted octanol–water partition coefficient (Wildman–Crippen LogP) is 1.60. The fraction of sp³-hybridized carbons (Fsp3) is 0.400. The number of aromatic hydroxyl groups is 1. The molecule has 0 aromatic heterocycles. The number of nitrogens with one attached hydrogen (secondary N) is 1. The topological polar surface area (TPSA) is 32.3 Å².